The van der Waals surface area contributed by atoms with Gasteiger partial charge in [-0.3, -0.25) is 9.36 Å². The lowest BCUT2D eigenvalue weighted by atomic mass is 10.1. The van der Waals surface area contributed by atoms with Crippen molar-refractivity contribution in [2.45, 2.75) is 0 Å². The number of hydrogen-bond donors (Lipinski definition) is 0. The third-order valence-corrected chi connectivity index (χ3v) is 5.29. The fraction of sp³-hybridized carbons (Fsp3) is 0.0417. The molecule has 0 amide bonds. The number of aromatic nitrogens is 3. The van der Waals surface area contributed by atoms with E-state index in [-0.39, 0.29) is 5.56 Å². The molecule has 5 rings (SSSR count). The second-order valence-electron chi connectivity index (χ2n) is 6.89. The standard InChI is InChI=1S/C24H16ClN3O3/c1-30-18-12-10-17(11-13-18)28-14-21(19-4-2-3-5-20(19)24(28)29)23-26-22(27-31-23)15-6-8-16(25)9-7-15/h2-14H,1H3. The molecule has 152 valence electrons. The first-order valence-corrected chi connectivity index (χ1v) is 9.91. The molecular weight excluding hydrogens is 414 g/mol. The van der Waals surface area contributed by atoms with Crippen molar-refractivity contribution in [1.82, 2.24) is 14.7 Å². The zero-order valence-corrected chi connectivity index (χ0v) is 17.2. The molecule has 6 nitrogen and oxygen atoms in total. The van der Waals surface area contributed by atoms with Gasteiger partial charge in [-0.25, -0.2) is 0 Å². The summed E-state index contributed by atoms with van der Waals surface area (Å²) in [6, 6.07) is 21.8. The molecule has 0 unspecified atom stereocenters. The summed E-state index contributed by atoms with van der Waals surface area (Å²) in [6.07, 6.45) is 1.73. The zero-order chi connectivity index (χ0) is 21.4. The summed E-state index contributed by atoms with van der Waals surface area (Å²) in [5, 5.41) is 6.04. The number of fused-ring (bicyclic) bond motifs is 1. The second kappa shape index (κ2) is 7.74. The molecule has 0 spiro atoms. The van der Waals surface area contributed by atoms with Crippen LogP contribution in [0.1, 0.15) is 0 Å². The summed E-state index contributed by atoms with van der Waals surface area (Å²) in [5.41, 5.74) is 2.02. The predicted molar refractivity (Wildman–Crippen MR) is 120 cm³/mol. The maximum Gasteiger partial charge on any atom is 0.262 e. The summed E-state index contributed by atoms with van der Waals surface area (Å²) in [7, 11) is 1.60. The number of ether oxygens (including phenoxy) is 1. The van der Waals surface area contributed by atoms with Gasteiger partial charge < -0.3 is 9.26 Å². The molecule has 7 heteroatoms. The molecule has 31 heavy (non-hydrogen) atoms. The van der Waals surface area contributed by atoms with Crippen LogP contribution >= 0.6 is 11.6 Å². The Kier molecular flexibility index (Phi) is 4.76. The SMILES string of the molecule is COc1ccc(-n2cc(-c3nc(-c4ccc(Cl)cc4)no3)c3ccccc3c2=O)cc1. The van der Waals surface area contributed by atoms with Gasteiger partial charge in [-0.2, -0.15) is 4.98 Å². The van der Waals surface area contributed by atoms with Crippen LogP contribution < -0.4 is 10.3 Å². The molecule has 0 saturated carbocycles. The van der Waals surface area contributed by atoms with Crippen LogP contribution in [0.2, 0.25) is 5.02 Å². The van der Waals surface area contributed by atoms with Gasteiger partial charge in [0.2, 0.25) is 5.82 Å². The highest BCUT2D eigenvalue weighted by Gasteiger charge is 2.17. The van der Waals surface area contributed by atoms with E-state index in [1.165, 1.54) is 0 Å². The largest absolute Gasteiger partial charge is 0.497 e. The number of methoxy groups -OCH3 is 1. The number of benzene rings is 3. The molecule has 2 aromatic heterocycles. The fourth-order valence-electron chi connectivity index (χ4n) is 3.45. The van der Waals surface area contributed by atoms with Gasteiger partial charge in [0.25, 0.3) is 11.4 Å². The van der Waals surface area contributed by atoms with Gasteiger partial charge in [0.1, 0.15) is 5.75 Å². The third-order valence-electron chi connectivity index (χ3n) is 5.03. The van der Waals surface area contributed by atoms with Crippen LogP contribution in [0.5, 0.6) is 5.75 Å². The van der Waals surface area contributed by atoms with E-state index in [1.807, 2.05) is 54.6 Å². The topological polar surface area (TPSA) is 70.2 Å². The minimum absolute atomic E-state index is 0.137. The van der Waals surface area contributed by atoms with Gasteiger partial charge in [0.05, 0.1) is 12.7 Å². The first kappa shape index (κ1) is 19.1. The van der Waals surface area contributed by atoms with Gasteiger partial charge >= 0.3 is 0 Å². The summed E-state index contributed by atoms with van der Waals surface area (Å²) in [4.78, 5) is 17.7. The quantitative estimate of drug-likeness (QED) is 0.384. The molecule has 0 saturated heterocycles. The summed E-state index contributed by atoms with van der Waals surface area (Å²) >= 11 is 5.97. The van der Waals surface area contributed by atoms with Gasteiger partial charge in [0.15, 0.2) is 0 Å². The Balaban J connectivity index is 1.69. The molecular formula is C24H16ClN3O3. The maximum atomic E-state index is 13.2. The van der Waals surface area contributed by atoms with Crippen molar-refractivity contribution in [1.29, 1.82) is 0 Å². The van der Waals surface area contributed by atoms with Gasteiger partial charge in [-0.15, -0.1) is 0 Å². The van der Waals surface area contributed by atoms with E-state index in [2.05, 4.69) is 10.1 Å². The average molecular weight is 430 g/mol. The van der Waals surface area contributed by atoms with E-state index in [0.717, 1.165) is 10.9 Å². The number of nitrogens with zero attached hydrogens (tertiary/aromatic N) is 3. The Hall–Kier alpha value is -3.90. The minimum Gasteiger partial charge on any atom is -0.497 e. The Bertz CT molecular complexity index is 1440. The van der Waals surface area contributed by atoms with E-state index >= 15 is 0 Å². The maximum absolute atomic E-state index is 13.2. The third kappa shape index (κ3) is 3.47. The van der Waals surface area contributed by atoms with Crippen molar-refractivity contribution in [2.24, 2.45) is 0 Å². The van der Waals surface area contributed by atoms with E-state index in [4.69, 9.17) is 20.9 Å². The Morgan fingerprint density at radius 2 is 1.65 bits per heavy atom. The van der Waals surface area contributed by atoms with Crippen LogP contribution in [0, 0.1) is 0 Å². The summed E-state index contributed by atoms with van der Waals surface area (Å²) < 4.78 is 12.4. The van der Waals surface area contributed by atoms with Crippen LogP contribution in [-0.2, 0) is 0 Å². The van der Waals surface area contributed by atoms with Crippen LogP contribution in [0.3, 0.4) is 0 Å². The molecule has 0 fully saturated rings. The highest BCUT2D eigenvalue weighted by molar-refractivity contribution is 6.30. The zero-order valence-electron chi connectivity index (χ0n) is 16.4. The van der Waals surface area contributed by atoms with Gasteiger partial charge in [-0.1, -0.05) is 35.0 Å². The molecule has 0 N–H and O–H groups in total. The molecule has 0 aliphatic carbocycles. The van der Waals surface area contributed by atoms with Crippen LogP contribution in [0.25, 0.3) is 39.3 Å². The molecule has 3 aromatic carbocycles. The van der Waals surface area contributed by atoms with Crippen molar-refractivity contribution in [3.8, 4) is 34.3 Å². The molecule has 0 radical (unpaired) electrons. The van der Waals surface area contributed by atoms with Crippen LogP contribution in [0.15, 0.2) is 88.3 Å². The smallest absolute Gasteiger partial charge is 0.262 e. The summed E-state index contributed by atoms with van der Waals surface area (Å²) in [5.74, 6) is 1.48. The number of rotatable bonds is 4. The lowest BCUT2D eigenvalue weighted by Crippen LogP contribution is -2.18. The molecule has 0 bridgehead atoms. The molecule has 0 aliphatic rings. The highest BCUT2D eigenvalue weighted by Crippen LogP contribution is 2.29. The van der Waals surface area contributed by atoms with E-state index < -0.39 is 0 Å². The monoisotopic (exact) mass is 429 g/mol. The number of halogens is 1. The second-order valence-corrected chi connectivity index (χ2v) is 7.33. The molecule has 2 heterocycles. The molecule has 0 atom stereocenters. The predicted octanol–water partition coefficient (Wildman–Crippen LogP) is 5.37. The van der Waals surface area contributed by atoms with Gasteiger partial charge in [0, 0.05) is 33.2 Å². The van der Waals surface area contributed by atoms with E-state index in [9.17, 15) is 4.79 Å². The minimum atomic E-state index is -0.137. The lowest BCUT2D eigenvalue weighted by Gasteiger charge is -2.11. The van der Waals surface area contributed by atoms with Crippen LogP contribution in [0.4, 0.5) is 0 Å². The number of hydrogen-bond acceptors (Lipinski definition) is 5. The lowest BCUT2D eigenvalue weighted by molar-refractivity contribution is 0.414. The fourth-order valence-corrected chi connectivity index (χ4v) is 3.57. The first-order chi connectivity index (χ1) is 15.1. The first-order valence-electron chi connectivity index (χ1n) is 9.53. The van der Waals surface area contributed by atoms with Crippen molar-refractivity contribution in [3.63, 3.8) is 0 Å². The average Bonchev–Trinajstić information content (AvgIpc) is 3.30. The van der Waals surface area contributed by atoms with Crippen molar-refractivity contribution < 1.29 is 9.26 Å². The van der Waals surface area contributed by atoms with Crippen LogP contribution in [-0.4, -0.2) is 21.8 Å². The molecule has 0 aliphatic heterocycles. The highest BCUT2D eigenvalue weighted by atomic mass is 35.5. The van der Waals surface area contributed by atoms with E-state index in [1.54, 1.807) is 36.1 Å². The Morgan fingerprint density at radius 3 is 2.35 bits per heavy atom. The molecule has 5 aromatic rings. The van der Waals surface area contributed by atoms with Crippen molar-refractivity contribution in [2.75, 3.05) is 7.11 Å². The van der Waals surface area contributed by atoms with Gasteiger partial charge in [-0.05, 0) is 54.6 Å². The Labute approximate surface area is 182 Å². The van der Waals surface area contributed by atoms with E-state index in [0.29, 0.717) is 39.1 Å². The van der Waals surface area contributed by atoms with Crippen molar-refractivity contribution >= 4 is 22.4 Å². The number of pyridine rings is 1. The normalized spacial score (nSPS) is 11.0. The summed E-state index contributed by atoms with van der Waals surface area (Å²) in [6.45, 7) is 0. The van der Waals surface area contributed by atoms with Crippen molar-refractivity contribution in [3.05, 3.63) is 94.4 Å². The Morgan fingerprint density at radius 1 is 0.935 bits per heavy atom.